The minimum Gasteiger partial charge on any atom is -0.497 e. The Morgan fingerprint density at radius 3 is 2.28 bits per heavy atom. The van der Waals surface area contributed by atoms with Gasteiger partial charge in [-0.3, -0.25) is 9.10 Å². The number of ether oxygens (including phenoxy) is 1. The van der Waals surface area contributed by atoms with Crippen LogP contribution < -0.4 is 14.4 Å². The summed E-state index contributed by atoms with van der Waals surface area (Å²) in [5.74, 6) is 0.809. The molecule has 0 saturated heterocycles. The average Bonchev–Trinajstić information content (AvgIpc) is 2.81. The number of carbonyl (C=O) groups excluding carboxylic acids is 1. The Bertz CT molecular complexity index is 1120. The molecule has 1 N–H and O–H groups in total. The molecule has 0 heterocycles. The van der Waals surface area contributed by atoms with Crippen LogP contribution in [0, 0.1) is 0 Å². The molecule has 32 heavy (non-hydrogen) atoms. The van der Waals surface area contributed by atoms with Crippen molar-refractivity contribution in [2.75, 3.05) is 30.3 Å². The van der Waals surface area contributed by atoms with Gasteiger partial charge >= 0.3 is 0 Å². The van der Waals surface area contributed by atoms with Gasteiger partial charge in [0, 0.05) is 22.2 Å². The summed E-state index contributed by atoms with van der Waals surface area (Å²) in [6.45, 7) is 0.0570. The second kappa shape index (κ2) is 11.3. The Kier molecular flexibility index (Phi) is 8.44. The van der Waals surface area contributed by atoms with Crippen molar-refractivity contribution in [1.29, 1.82) is 0 Å². The number of halogens is 1. The van der Waals surface area contributed by atoms with E-state index in [9.17, 15) is 13.2 Å². The summed E-state index contributed by atoms with van der Waals surface area (Å²) in [5.41, 5.74) is 0.346. The Balaban J connectivity index is 1.72. The van der Waals surface area contributed by atoms with Gasteiger partial charge in [0.25, 0.3) is 10.0 Å². The number of benzene rings is 3. The number of amides is 1. The van der Waals surface area contributed by atoms with Gasteiger partial charge in [-0.2, -0.15) is 0 Å². The van der Waals surface area contributed by atoms with Crippen LogP contribution in [0.3, 0.4) is 0 Å². The molecule has 3 aromatic rings. The standard InChI is InChI=1S/C23H23ClN2O4S2/c1-30-20-11-13-22(14-12-20)32(28,29)26(19-9-7-18(24)8-10-19)17-23(27)25-15-16-31-21-5-3-2-4-6-21/h2-14H,15-17H2,1H3,(H,25,27). The van der Waals surface area contributed by atoms with Crippen LogP contribution in [0.5, 0.6) is 5.75 Å². The van der Waals surface area contributed by atoms with Gasteiger partial charge in [-0.25, -0.2) is 8.42 Å². The van der Waals surface area contributed by atoms with E-state index in [1.165, 1.54) is 19.2 Å². The van der Waals surface area contributed by atoms with Crippen molar-refractivity contribution in [3.63, 3.8) is 0 Å². The van der Waals surface area contributed by atoms with Crippen molar-refractivity contribution in [2.45, 2.75) is 9.79 Å². The van der Waals surface area contributed by atoms with Crippen LogP contribution in [0.25, 0.3) is 0 Å². The first-order valence-corrected chi connectivity index (χ1v) is 12.6. The molecule has 0 aliphatic heterocycles. The van der Waals surface area contributed by atoms with Crippen LogP contribution in [0.1, 0.15) is 0 Å². The summed E-state index contributed by atoms with van der Waals surface area (Å²) in [4.78, 5) is 13.8. The average molecular weight is 491 g/mol. The summed E-state index contributed by atoms with van der Waals surface area (Å²) in [6.07, 6.45) is 0. The third-order valence-corrected chi connectivity index (χ3v) is 7.54. The van der Waals surface area contributed by atoms with Crippen molar-refractivity contribution in [2.24, 2.45) is 0 Å². The molecule has 0 radical (unpaired) electrons. The van der Waals surface area contributed by atoms with Crippen molar-refractivity contribution in [3.05, 3.63) is 83.9 Å². The van der Waals surface area contributed by atoms with Gasteiger partial charge in [-0.05, 0) is 60.7 Å². The Morgan fingerprint density at radius 1 is 1.00 bits per heavy atom. The monoisotopic (exact) mass is 490 g/mol. The quantitative estimate of drug-likeness (QED) is 0.335. The lowest BCUT2D eigenvalue weighted by atomic mass is 10.3. The molecule has 9 heteroatoms. The number of nitrogens with zero attached hydrogens (tertiary/aromatic N) is 1. The predicted octanol–water partition coefficient (Wildman–Crippen LogP) is 4.45. The van der Waals surface area contributed by atoms with E-state index in [0.717, 1.165) is 9.20 Å². The second-order valence-electron chi connectivity index (χ2n) is 6.68. The summed E-state index contributed by atoms with van der Waals surface area (Å²) in [5, 5.41) is 3.26. The van der Waals surface area contributed by atoms with E-state index in [1.807, 2.05) is 30.3 Å². The molecule has 0 unspecified atom stereocenters. The first-order chi connectivity index (χ1) is 15.4. The molecule has 0 spiro atoms. The van der Waals surface area contributed by atoms with Gasteiger partial charge in [-0.1, -0.05) is 29.8 Å². The second-order valence-corrected chi connectivity index (χ2v) is 10.1. The Morgan fingerprint density at radius 2 is 1.66 bits per heavy atom. The van der Waals surface area contributed by atoms with E-state index in [0.29, 0.717) is 28.8 Å². The summed E-state index contributed by atoms with van der Waals surface area (Å²) < 4.78 is 32.8. The maximum atomic E-state index is 13.3. The van der Waals surface area contributed by atoms with Crippen LogP contribution >= 0.6 is 23.4 Å². The highest BCUT2D eigenvalue weighted by Crippen LogP contribution is 2.26. The number of nitrogens with one attached hydrogen (secondary N) is 1. The number of thioether (sulfide) groups is 1. The van der Waals surface area contributed by atoms with Gasteiger partial charge in [-0.15, -0.1) is 11.8 Å². The van der Waals surface area contributed by atoms with E-state index in [-0.39, 0.29) is 11.4 Å². The molecule has 3 rings (SSSR count). The minimum atomic E-state index is -3.99. The van der Waals surface area contributed by atoms with Crippen molar-refractivity contribution < 1.29 is 17.9 Å². The zero-order chi connectivity index (χ0) is 23.0. The fraction of sp³-hybridized carbons (Fsp3) is 0.174. The number of methoxy groups -OCH3 is 1. The summed E-state index contributed by atoms with van der Waals surface area (Å²) in [6, 6.07) is 22.2. The lowest BCUT2D eigenvalue weighted by molar-refractivity contribution is -0.119. The number of rotatable bonds is 10. The van der Waals surface area contributed by atoms with Crippen LogP contribution in [0.15, 0.2) is 88.7 Å². The first-order valence-electron chi connectivity index (χ1n) is 9.77. The summed E-state index contributed by atoms with van der Waals surface area (Å²) in [7, 11) is -2.49. The maximum Gasteiger partial charge on any atom is 0.264 e. The van der Waals surface area contributed by atoms with E-state index in [2.05, 4.69) is 5.32 Å². The van der Waals surface area contributed by atoms with Crippen LogP contribution in [-0.2, 0) is 14.8 Å². The van der Waals surface area contributed by atoms with Gasteiger partial charge in [0.1, 0.15) is 12.3 Å². The topological polar surface area (TPSA) is 75.7 Å². The van der Waals surface area contributed by atoms with Crippen molar-refractivity contribution >= 4 is 45.0 Å². The number of hydrogen-bond donors (Lipinski definition) is 1. The molecule has 6 nitrogen and oxygen atoms in total. The summed E-state index contributed by atoms with van der Waals surface area (Å²) >= 11 is 7.57. The van der Waals surface area contributed by atoms with Gasteiger partial charge in [0.2, 0.25) is 5.91 Å². The number of anilines is 1. The highest BCUT2D eigenvalue weighted by molar-refractivity contribution is 7.99. The van der Waals surface area contributed by atoms with Gasteiger partial charge in [0.15, 0.2) is 0 Å². The highest BCUT2D eigenvalue weighted by Gasteiger charge is 2.27. The highest BCUT2D eigenvalue weighted by atomic mass is 35.5. The molecule has 0 aliphatic rings. The van der Waals surface area contributed by atoms with E-state index >= 15 is 0 Å². The zero-order valence-electron chi connectivity index (χ0n) is 17.4. The fourth-order valence-electron chi connectivity index (χ4n) is 2.86. The lowest BCUT2D eigenvalue weighted by Crippen LogP contribution is -2.41. The molecule has 0 saturated carbocycles. The SMILES string of the molecule is COc1ccc(S(=O)(=O)N(CC(=O)NCCSc2ccccc2)c2ccc(Cl)cc2)cc1. The predicted molar refractivity (Wildman–Crippen MR) is 129 cm³/mol. The lowest BCUT2D eigenvalue weighted by Gasteiger charge is -2.24. The van der Waals surface area contributed by atoms with Gasteiger partial charge < -0.3 is 10.1 Å². The Labute approximate surface area is 197 Å². The normalized spacial score (nSPS) is 11.1. The van der Waals surface area contributed by atoms with Crippen LogP contribution in [0.4, 0.5) is 5.69 Å². The molecule has 1 amide bonds. The maximum absolute atomic E-state index is 13.3. The molecular weight excluding hydrogens is 468 g/mol. The van der Waals surface area contributed by atoms with Gasteiger partial charge in [0.05, 0.1) is 17.7 Å². The minimum absolute atomic E-state index is 0.0562. The van der Waals surface area contributed by atoms with E-state index < -0.39 is 15.9 Å². The molecule has 0 aromatic heterocycles. The number of carbonyl (C=O) groups is 1. The largest absolute Gasteiger partial charge is 0.497 e. The molecule has 0 bridgehead atoms. The molecule has 0 atom stereocenters. The number of hydrogen-bond acceptors (Lipinski definition) is 5. The van der Waals surface area contributed by atoms with E-state index in [1.54, 1.807) is 48.2 Å². The molecule has 0 fully saturated rings. The van der Waals surface area contributed by atoms with E-state index in [4.69, 9.17) is 16.3 Å². The zero-order valence-corrected chi connectivity index (χ0v) is 19.8. The first kappa shape index (κ1) is 24.0. The molecule has 168 valence electrons. The number of sulfonamides is 1. The smallest absolute Gasteiger partial charge is 0.264 e. The third kappa shape index (κ3) is 6.41. The van der Waals surface area contributed by atoms with Crippen LogP contribution in [-0.4, -0.2) is 40.3 Å². The van der Waals surface area contributed by atoms with Crippen molar-refractivity contribution in [3.8, 4) is 5.75 Å². The molecular formula is C23H23ClN2O4S2. The Hall–Kier alpha value is -2.68. The third-order valence-electron chi connectivity index (χ3n) is 4.49. The molecule has 3 aromatic carbocycles. The molecule has 0 aliphatic carbocycles. The van der Waals surface area contributed by atoms with Crippen molar-refractivity contribution in [1.82, 2.24) is 5.32 Å². The van der Waals surface area contributed by atoms with Crippen LogP contribution in [0.2, 0.25) is 5.02 Å². The fourth-order valence-corrected chi connectivity index (χ4v) is 5.20.